The van der Waals surface area contributed by atoms with Crippen molar-refractivity contribution < 1.29 is 27.1 Å². The lowest BCUT2D eigenvalue weighted by Gasteiger charge is -2.26. The summed E-state index contributed by atoms with van der Waals surface area (Å²) in [5.41, 5.74) is -0.812. The first-order chi connectivity index (χ1) is 12.5. The number of rotatable bonds is 8. The molecule has 0 aliphatic rings. The maximum Gasteiger partial charge on any atom is 0.303 e. The summed E-state index contributed by atoms with van der Waals surface area (Å²) < 4.78 is 53.1. The van der Waals surface area contributed by atoms with Crippen molar-refractivity contribution in [1.29, 1.82) is 0 Å². The highest BCUT2D eigenvalue weighted by Crippen LogP contribution is 2.21. The van der Waals surface area contributed by atoms with Gasteiger partial charge in [0.05, 0.1) is 5.69 Å². The van der Waals surface area contributed by atoms with E-state index in [0.29, 0.717) is 18.3 Å². The van der Waals surface area contributed by atoms with Crippen LogP contribution in [0.25, 0.3) is 0 Å². The average Bonchev–Trinajstić information content (AvgIpc) is 2.52. The normalized spacial score (nSPS) is 11.9. The van der Waals surface area contributed by atoms with E-state index in [9.17, 15) is 22.0 Å². The van der Waals surface area contributed by atoms with Gasteiger partial charge in [0, 0.05) is 24.2 Å². The van der Waals surface area contributed by atoms with Crippen molar-refractivity contribution >= 4 is 27.5 Å². The minimum absolute atomic E-state index is 0.0272. The summed E-state index contributed by atoms with van der Waals surface area (Å²) in [4.78, 5) is 14.5. The molecule has 0 radical (unpaired) electrons. The first-order valence-electron chi connectivity index (χ1n) is 7.92. The molecule has 0 unspecified atom stereocenters. The van der Waals surface area contributed by atoms with Gasteiger partial charge < -0.3 is 10.4 Å². The molecule has 0 spiro atoms. The Kier molecular flexibility index (Phi) is 5.99. The zero-order chi connectivity index (χ0) is 20.2. The standard InChI is InChI=1S/C17H19F2N3O4S/c1-17(2,6-5-16(23)24)21-15-4-3-14(10-20-15)27(25,26)22-13-8-11(18)7-12(19)9-13/h3-4,7-10,22H,5-6H2,1-2H3,(H,20,21)(H,23,24). The largest absolute Gasteiger partial charge is 0.481 e. The molecule has 1 heterocycles. The maximum absolute atomic E-state index is 13.2. The Bertz CT molecular complexity index is 911. The molecule has 0 atom stereocenters. The molecule has 0 aliphatic carbocycles. The van der Waals surface area contributed by atoms with Crippen molar-refractivity contribution in [2.24, 2.45) is 0 Å². The second-order valence-electron chi connectivity index (χ2n) is 6.55. The summed E-state index contributed by atoms with van der Waals surface area (Å²) in [6.45, 7) is 3.59. The lowest BCUT2D eigenvalue weighted by molar-refractivity contribution is -0.137. The number of benzene rings is 1. The van der Waals surface area contributed by atoms with Crippen LogP contribution in [0.5, 0.6) is 0 Å². The molecule has 1 aromatic carbocycles. The number of carboxylic acid groups (broad SMARTS) is 1. The molecule has 27 heavy (non-hydrogen) atoms. The quantitative estimate of drug-likeness (QED) is 0.629. The molecule has 1 aromatic heterocycles. The van der Waals surface area contributed by atoms with Gasteiger partial charge in [-0.15, -0.1) is 0 Å². The number of hydrogen-bond acceptors (Lipinski definition) is 5. The van der Waals surface area contributed by atoms with E-state index in [0.717, 1.165) is 18.3 Å². The van der Waals surface area contributed by atoms with Crippen molar-refractivity contribution in [1.82, 2.24) is 4.98 Å². The van der Waals surface area contributed by atoms with E-state index in [1.54, 1.807) is 13.8 Å². The molecule has 3 N–H and O–H groups in total. The number of anilines is 2. The van der Waals surface area contributed by atoms with E-state index in [-0.39, 0.29) is 17.0 Å². The van der Waals surface area contributed by atoms with Crippen LogP contribution in [-0.4, -0.2) is 30.0 Å². The minimum Gasteiger partial charge on any atom is -0.481 e. The maximum atomic E-state index is 13.2. The number of aromatic nitrogens is 1. The first kappa shape index (κ1) is 20.6. The van der Waals surface area contributed by atoms with Gasteiger partial charge in [0.25, 0.3) is 10.0 Å². The molecule has 0 saturated heterocycles. The molecule has 146 valence electrons. The molecule has 2 aromatic rings. The topological polar surface area (TPSA) is 108 Å². The second-order valence-corrected chi connectivity index (χ2v) is 8.23. The third-order valence-corrected chi connectivity index (χ3v) is 4.96. The van der Waals surface area contributed by atoms with Crippen LogP contribution in [0.3, 0.4) is 0 Å². The Morgan fingerprint density at radius 3 is 2.33 bits per heavy atom. The molecule has 2 rings (SSSR count). The summed E-state index contributed by atoms with van der Waals surface area (Å²) in [5, 5.41) is 11.8. The highest BCUT2D eigenvalue weighted by Gasteiger charge is 2.20. The van der Waals surface area contributed by atoms with E-state index < -0.39 is 33.2 Å². The molecular weight excluding hydrogens is 380 g/mol. The third-order valence-electron chi connectivity index (χ3n) is 3.59. The molecule has 0 saturated carbocycles. The van der Waals surface area contributed by atoms with Crippen LogP contribution < -0.4 is 10.0 Å². The minimum atomic E-state index is -4.08. The number of nitrogens with one attached hydrogen (secondary N) is 2. The summed E-state index contributed by atoms with van der Waals surface area (Å²) in [6, 6.07) is 5.04. The van der Waals surface area contributed by atoms with Crippen molar-refractivity contribution in [2.75, 3.05) is 10.0 Å². The molecule has 0 fully saturated rings. The molecule has 7 nitrogen and oxygen atoms in total. The molecule has 0 bridgehead atoms. The summed E-state index contributed by atoms with van der Waals surface area (Å²) in [7, 11) is -4.08. The summed E-state index contributed by atoms with van der Waals surface area (Å²) in [5.74, 6) is -2.37. The van der Waals surface area contributed by atoms with Crippen molar-refractivity contribution in [2.45, 2.75) is 37.1 Å². The third kappa shape index (κ3) is 6.17. The van der Waals surface area contributed by atoms with Crippen LogP contribution in [0, 0.1) is 11.6 Å². The molecule has 0 amide bonds. The van der Waals surface area contributed by atoms with Gasteiger partial charge in [0.15, 0.2) is 0 Å². The van der Waals surface area contributed by atoms with Gasteiger partial charge in [0.1, 0.15) is 22.3 Å². The van der Waals surface area contributed by atoms with Crippen molar-refractivity contribution in [3.8, 4) is 0 Å². The highest BCUT2D eigenvalue weighted by molar-refractivity contribution is 7.92. The predicted octanol–water partition coefficient (Wildman–Crippen LogP) is 3.22. The van der Waals surface area contributed by atoms with Crippen LogP contribution >= 0.6 is 0 Å². The molecule has 10 heteroatoms. The van der Waals surface area contributed by atoms with Gasteiger partial charge in [-0.2, -0.15) is 0 Å². The number of nitrogens with zero attached hydrogens (tertiary/aromatic N) is 1. The number of carboxylic acids is 1. The number of carbonyl (C=O) groups is 1. The van der Waals surface area contributed by atoms with E-state index in [4.69, 9.17) is 5.11 Å². The monoisotopic (exact) mass is 399 g/mol. The number of pyridine rings is 1. The fourth-order valence-electron chi connectivity index (χ4n) is 2.27. The fraction of sp³-hybridized carbons (Fsp3) is 0.294. The number of aliphatic carboxylic acids is 1. The second kappa shape index (κ2) is 7.87. The van der Waals surface area contributed by atoms with Gasteiger partial charge >= 0.3 is 5.97 Å². The summed E-state index contributed by atoms with van der Waals surface area (Å²) >= 11 is 0. The Hall–Kier alpha value is -2.75. The lowest BCUT2D eigenvalue weighted by atomic mass is 9.98. The number of halogens is 2. The average molecular weight is 399 g/mol. The van der Waals surface area contributed by atoms with Crippen LogP contribution in [0.2, 0.25) is 0 Å². The van der Waals surface area contributed by atoms with Crippen LogP contribution in [0.4, 0.5) is 20.3 Å². The van der Waals surface area contributed by atoms with E-state index in [1.165, 1.54) is 12.1 Å². The zero-order valence-corrected chi connectivity index (χ0v) is 15.5. The van der Waals surface area contributed by atoms with Gasteiger partial charge in [-0.05, 0) is 44.5 Å². The SMILES string of the molecule is CC(C)(CCC(=O)O)Nc1ccc(S(=O)(=O)Nc2cc(F)cc(F)c2)cn1. The Morgan fingerprint density at radius 1 is 1.19 bits per heavy atom. The fourth-order valence-corrected chi connectivity index (χ4v) is 3.25. The van der Waals surface area contributed by atoms with E-state index in [2.05, 4.69) is 15.0 Å². The summed E-state index contributed by atoms with van der Waals surface area (Å²) in [6.07, 6.45) is 1.41. The van der Waals surface area contributed by atoms with Crippen LogP contribution in [0.1, 0.15) is 26.7 Å². The van der Waals surface area contributed by atoms with E-state index in [1.807, 2.05) is 0 Å². The highest BCUT2D eigenvalue weighted by atomic mass is 32.2. The van der Waals surface area contributed by atoms with Gasteiger partial charge in [-0.25, -0.2) is 22.2 Å². The predicted molar refractivity (Wildman–Crippen MR) is 96.0 cm³/mol. The van der Waals surface area contributed by atoms with Gasteiger partial charge in [-0.3, -0.25) is 9.52 Å². The van der Waals surface area contributed by atoms with E-state index >= 15 is 0 Å². The number of sulfonamides is 1. The smallest absolute Gasteiger partial charge is 0.303 e. The van der Waals surface area contributed by atoms with Gasteiger partial charge in [0.2, 0.25) is 0 Å². The Balaban J connectivity index is 2.12. The van der Waals surface area contributed by atoms with Gasteiger partial charge in [-0.1, -0.05) is 0 Å². The zero-order valence-electron chi connectivity index (χ0n) is 14.7. The van der Waals surface area contributed by atoms with Crippen molar-refractivity contribution in [3.63, 3.8) is 0 Å². The first-order valence-corrected chi connectivity index (χ1v) is 9.40. The molecule has 0 aliphatic heterocycles. The van der Waals surface area contributed by atoms with Crippen LogP contribution in [0.15, 0.2) is 41.4 Å². The number of hydrogen-bond donors (Lipinski definition) is 3. The molecular formula is C17H19F2N3O4S. The van der Waals surface area contributed by atoms with Crippen molar-refractivity contribution in [3.05, 3.63) is 48.2 Å². The Labute approximate surface area is 155 Å². The van der Waals surface area contributed by atoms with Crippen LogP contribution in [-0.2, 0) is 14.8 Å². The Morgan fingerprint density at radius 2 is 1.81 bits per heavy atom. The lowest BCUT2D eigenvalue weighted by Crippen LogP contribution is -2.32.